The van der Waals surface area contributed by atoms with Gasteiger partial charge in [0, 0.05) is 17.5 Å². The van der Waals surface area contributed by atoms with Gasteiger partial charge >= 0.3 is 0 Å². The smallest absolute Gasteiger partial charge is 0.123 e. The first-order valence-corrected chi connectivity index (χ1v) is 6.81. The van der Waals surface area contributed by atoms with Crippen LogP contribution < -0.4 is 0 Å². The number of hydrogen-bond donors (Lipinski definition) is 1. The first kappa shape index (κ1) is 12.7. The molecule has 0 aliphatic heterocycles. The van der Waals surface area contributed by atoms with E-state index in [1.807, 2.05) is 36.5 Å². The summed E-state index contributed by atoms with van der Waals surface area (Å²) >= 11 is 0. The summed E-state index contributed by atoms with van der Waals surface area (Å²) in [6.45, 7) is 2.14. The van der Waals surface area contributed by atoms with Crippen LogP contribution in [0.15, 0.2) is 60.8 Å². The lowest BCUT2D eigenvalue weighted by molar-refractivity contribution is 0.628. The molecule has 2 heteroatoms. The molecular formula is C18H16FN. The largest absolute Gasteiger partial charge is 0.360 e. The van der Waals surface area contributed by atoms with E-state index >= 15 is 0 Å². The molecule has 0 aliphatic rings. The van der Waals surface area contributed by atoms with Crippen molar-refractivity contribution in [2.75, 3.05) is 0 Å². The maximum Gasteiger partial charge on any atom is 0.123 e. The Bertz CT molecular complexity index is 696. The molecule has 1 nitrogen and oxygen atoms in total. The van der Waals surface area contributed by atoms with Crippen LogP contribution in [0.5, 0.6) is 0 Å². The quantitative estimate of drug-likeness (QED) is 0.682. The summed E-state index contributed by atoms with van der Waals surface area (Å²) < 4.78 is 13.0. The van der Waals surface area contributed by atoms with Crippen molar-refractivity contribution in [1.82, 2.24) is 4.98 Å². The van der Waals surface area contributed by atoms with E-state index in [2.05, 4.69) is 24.0 Å². The minimum atomic E-state index is -0.203. The Morgan fingerprint density at radius 3 is 2.25 bits per heavy atom. The average molecular weight is 265 g/mol. The first-order valence-electron chi connectivity index (χ1n) is 6.81. The lowest BCUT2D eigenvalue weighted by Crippen LogP contribution is -1.87. The molecule has 0 saturated carbocycles. The summed E-state index contributed by atoms with van der Waals surface area (Å²) in [6, 6.07) is 16.9. The number of aromatic amines is 1. The summed E-state index contributed by atoms with van der Waals surface area (Å²) in [7, 11) is 0. The Morgan fingerprint density at radius 2 is 1.60 bits per heavy atom. The van der Waals surface area contributed by atoms with Gasteiger partial charge in [0.2, 0.25) is 0 Å². The minimum absolute atomic E-state index is 0.203. The molecule has 1 aromatic heterocycles. The first-order chi connectivity index (χ1) is 9.79. The Hall–Kier alpha value is -2.35. The van der Waals surface area contributed by atoms with Gasteiger partial charge in [-0.25, -0.2) is 4.39 Å². The third kappa shape index (κ3) is 2.25. The number of nitrogens with one attached hydrogen (secondary N) is 1. The van der Waals surface area contributed by atoms with Gasteiger partial charge in [-0.15, -0.1) is 0 Å². The predicted molar refractivity (Wildman–Crippen MR) is 81.0 cm³/mol. The molecule has 20 heavy (non-hydrogen) atoms. The van der Waals surface area contributed by atoms with E-state index in [9.17, 15) is 4.39 Å². The zero-order valence-electron chi connectivity index (χ0n) is 11.4. The van der Waals surface area contributed by atoms with Crippen molar-refractivity contribution in [3.8, 4) is 22.4 Å². The van der Waals surface area contributed by atoms with E-state index < -0.39 is 0 Å². The lowest BCUT2D eigenvalue weighted by atomic mass is 9.98. The third-order valence-electron chi connectivity index (χ3n) is 3.56. The SMILES string of the molecule is CCc1c(-c2ccc(F)cc2)c[nH]c1-c1ccccc1. The van der Waals surface area contributed by atoms with E-state index in [1.54, 1.807) is 0 Å². The van der Waals surface area contributed by atoms with E-state index in [0.717, 1.165) is 23.2 Å². The molecule has 0 saturated heterocycles. The van der Waals surface area contributed by atoms with Gasteiger partial charge in [0.1, 0.15) is 5.82 Å². The van der Waals surface area contributed by atoms with Crippen LogP contribution in [0.1, 0.15) is 12.5 Å². The Balaban J connectivity index is 2.10. The molecule has 0 spiro atoms. The molecular weight excluding hydrogens is 249 g/mol. The maximum atomic E-state index is 13.0. The van der Waals surface area contributed by atoms with Crippen molar-refractivity contribution >= 4 is 0 Å². The molecule has 3 aromatic rings. The number of aromatic nitrogens is 1. The number of rotatable bonds is 3. The molecule has 1 N–H and O–H groups in total. The highest BCUT2D eigenvalue weighted by Crippen LogP contribution is 2.32. The van der Waals surface area contributed by atoms with Gasteiger partial charge in [-0.1, -0.05) is 49.4 Å². The monoisotopic (exact) mass is 265 g/mol. The second kappa shape index (κ2) is 5.33. The van der Waals surface area contributed by atoms with E-state index in [0.29, 0.717) is 0 Å². The second-order valence-electron chi connectivity index (χ2n) is 4.78. The zero-order chi connectivity index (χ0) is 13.9. The molecule has 0 atom stereocenters. The van der Waals surface area contributed by atoms with E-state index in [4.69, 9.17) is 0 Å². The molecule has 2 aromatic carbocycles. The molecule has 1 heterocycles. The molecule has 0 fully saturated rings. The summed E-state index contributed by atoms with van der Waals surface area (Å²) in [5.41, 5.74) is 5.78. The summed E-state index contributed by atoms with van der Waals surface area (Å²) in [6.07, 6.45) is 2.94. The molecule has 0 aliphatic carbocycles. The molecule has 0 radical (unpaired) electrons. The van der Waals surface area contributed by atoms with Crippen LogP contribution in [0.3, 0.4) is 0 Å². The van der Waals surface area contributed by atoms with Crippen molar-refractivity contribution in [2.24, 2.45) is 0 Å². The van der Waals surface area contributed by atoms with Crippen LogP contribution >= 0.6 is 0 Å². The average Bonchev–Trinajstić information content (AvgIpc) is 2.93. The topological polar surface area (TPSA) is 15.8 Å². The van der Waals surface area contributed by atoms with Crippen molar-refractivity contribution in [3.05, 3.63) is 72.2 Å². The summed E-state index contributed by atoms with van der Waals surface area (Å²) in [4.78, 5) is 3.36. The lowest BCUT2D eigenvalue weighted by Gasteiger charge is -2.06. The van der Waals surface area contributed by atoms with Gasteiger partial charge in [0.05, 0.1) is 0 Å². The molecule has 0 bridgehead atoms. The fraction of sp³-hybridized carbons (Fsp3) is 0.111. The Morgan fingerprint density at radius 1 is 0.900 bits per heavy atom. The molecule has 3 rings (SSSR count). The van der Waals surface area contributed by atoms with Crippen LogP contribution in [0.4, 0.5) is 4.39 Å². The molecule has 0 amide bonds. The fourth-order valence-corrected chi connectivity index (χ4v) is 2.57. The number of halogens is 1. The maximum absolute atomic E-state index is 13.0. The predicted octanol–water partition coefficient (Wildman–Crippen LogP) is 5.05. The number of H-pyrrole nitrogens is 1. The van der Waals surface area contributed by atoms with E-state index in [1.165, 1.54) is 23.3 Å². The fourth-order valence-electron chi connectivity index (χ4n) is 2.57. The normalized spacial score (nSPS) is 10.7. The van der Waals surface area contributed by atoms with E-state index in [-0.39, 0.29) is 5.82 Å². The van der Waals surface area contributed by atoms with Gasteiger partial charge < -0.3 is 4.98 Å². The van der Waals surface area contributed by atoms with Crippen molar-refractivity contribution in [2.45, 2.75) is 13.3 Å². The van der Waals surface area contributed by atoms with Crippen LogP contribution in [0.2, 0.25) is 0 Å². The molecule has 100 valence electrons. The number of hydrogen-bond acceptors (Lipinski definition) is 0. The molecule has 0 unspecified atom stereocenters. The van der Waals surface area contributed by atoms with Gasteiger partial charge in [0.25, 0.3) is 0 Å². The highest BCUT2D eigenvalue weighted by Gasteiger charge is 2.12. The van der Waals surface area contributed by atoms with Crippen molar-refractivity contribution < 1.29 is 4.39 Å². The van der Waals surface area contributed by atoms with Gasteiger partial charge in [-0.2, -0.15) is 0 Å². The zero-order valence-corrected chi connectivity index (χ0v) is 11.4. The van der Waals surface area contributed by atoms with Crippen LogP contribution in [0, 0.1) is 5.82 Å². The Kier molecular flexibility index (Phi) is 3.38. The summed E-state index contributed by atoms with van der Waals surface area (Å²) in [5, 5.41) is 0. The summed E-state index contributed by atoms with van der Waals surface area (Å²) in [5.74, 6) is -0.203. The Labute approximate surface area is 118 Å². The van der Waals surface area contributed by atoms with Gasteiger partial charge in [-0.05, 0) is 35.2 Å². The second-order valence-corrected chi connectivity index (χ2v) is 4.78. The van der Waals surface area contributed by atoms with Gasteiger partial charge in [0.15, 0.2) is 0 Å². The van der Waals surface area contributed by atoms with Gasteiger partial charge in [-0.3, -0.25) is 0 Å². The standard InChI is InChI=1S/C18H16FN/c1-2-16-17(13-8-10-15(19)11-9-13)12-20-18(16)14-6-4-3-5-7-14/h3-12,20H,2H2,1H3. The van der Waals surface area contributed by atoms with Crippen LogP contribution in [-0.4, -0.2) is 4.98 Å². The van der Waals surface area contributed by atoms with Crippen molar-refractivity contribution in [3.63, 3.8) is 0 Å². The van der Waals surface area contributed by atoms with Crippen LogP contribution in [0.25, 0.3) is 22.4 Å². The third-order valence-corrected chi connectivity index (χ3v) is 3.56. The highest BCUT2D eigenvalue weighted by molar-refractivity contribution is 5.77. The highest BCUT2D eigenvalue weighted by atomic mass is 19.1. The van der Waals surface area contributed by atoms with Crippen LogP contribution in [-0.2, 0) is 6.42 Å². The minimum Gasteiger partial charge on any atom is -0.360 e. The van der Waals surface area contributed by atoms with Crippen molar-refractivity contribution in [1.29, 1.82) is 0 Å². The number of benzene rings is 2.